The number of hydrogen-bond acceptors (Lipinski definition) is 17. The average molecular weight is 721 g/mol. The van der Waals surface area contributed by atoms with Crippen molar-refractivity contribution in [2.45, 2.75) is 41.0 Å². The summed E-state index contributed by atoms with van der Waals surface area (Å²) in [6.45, 7) is 24.2. The molecule has 0 bridgehead atoms. The molecule has 3 rings (SSSR count). The SMILES string of the molecule is CC1=NCCN1CCN.CCCN1CCN=C1C.CC[N+]1(C)CCN=C1C.COOS(C)(=O)=O.CS(=O)(=O)O[O-].NCCNCCN. The van der Waals surface area contributed by atoms with Crippen LogP contribution < -0.4 is 27.8 Å². The van der Waals surface area contributed by atoms with Gasteiger partial charge in [-0.05, 0) is 27.2 Å². The van der Waals surface area contributed by atoms with Gasteiger partial charge in [0.2, 0.25) is 0 Å². The number of rotatable bonds is 12. The normalized spacial score (nSPS) is 18.4. The molecule has 3 aliphatic rings. The molecule has 0 saturated heterocycles. The van der Waals surface area contributed by atoms with E-state index in [1.54, 1.807) is 0 Å². The van der Waals surface area contributed by atoms with Crippen LogP contribution in [0.15, 0.2) is 15.0 Å². The zero-order chi connectivity index (χ0) is 36.9. The van der Waals surface area contributed by atoms with E-state index in [9.17, 15) is 16.8 Å². The number of nitrogens with zero attached hydrogens (tertiary/aromatic N) is 6. The van der Waals surface area contributed by atoms with Crippen LogP contribution >= 0.6 is 0 Å². The molecule has 0 spiro atoms. The van der Waals surface area contributed by atoms with E-state index < -0.39 is 20.2 Å². The molecule has 1 unspecified atom stereocenters. The van der Waals surface area contributed by atoms with E-state index >= 15 is 0 Å². The van der Waals surface area contributed by atoms with Crippen molar-refractivity contribution in [3.8, 4) is 0 Å². The summed E-state index contributed by atoms with van der Waals surface area (Å²) in [5.41, 5.74) is 15.7. The molecule has 0 aliphatic carbocycles. The topological polar surface area (TPSA) is 253 Å². The van der Waals surface area contributed by atoms with Crippen molar-refractivity contribution in [1.82, 2.24) is 15.1 Å². The molecule has 1 atom stereocenters. The summed E-state index contributed by atoms with van der Waals surface area (Å²) in [5, 5.41) is 11.9. The largest absolute Gasteiger partial charge is 0.707 e. The van der Waals surface area contributed by atoms with Crippen molar-refractivity contribution >= 4 is 37.7 Å². The Labute approximate surface area is 284 Å². The van der Waals surface area contributed by atoms with Crippen LogP contribution in [0.3, 0.4) is 0 Å². The maximum absolute atomic E-state index is 9.88. The lowest BCUT2D eigenvalue weighted by Gasteiger charge is -2.26. The van der Waals surface area contributed by atoms with Gasteiger partial charge < -0.3 is 41.9 Å². The van der Waals surface area contributed by atoms with E-state index in [0.717, 1.165) is 82.6 Å². The quantitative estimate of drug-likeness (QED) is 0.0733. The number of hydrogen-bond donors (Lipinski definition) is 4. The first-order valence-corrected chi connectivity index (χ1v) is 19.2. The first-order chi connectivity index (χ1) is 21.9. The van der Waals surface area contributed by atoms with E-state index in [2.05, 4.69) is 78.4 Å². The molecular weight excluding hydrogens is 656 g/mol. The van der Waals surface area contributed by atoms with Crippen LogP contribution in [0.4, 0.5) is 0 Å². The minimum atomic E-state index is -3.72. The summed E-state index contributed by atoms with van der Waals surface area (Å²) < 4.78 is 46.1. The summed E-state index contributed by atoms with van der Waals surface area (Å²) in [4.78, 5) is 21.2. The highest BCUT2D eigenvalue weighted by molar-refractivity contribution is 7.86. The van der Waals surface area contributed by atoms with Crippen LogP contribution in [-0.2, 0) is 33.8 Å². The van der Waals surface area contributed by atoms with Gasteiger partial charge in [-0.25, -0.2) is 18.3 Å². The van der Waals surface area contributed by atoms with Crippen LogP contribution in [0.1, 0.15) is 41.0 Å². The molecular formula is C27H64N10O8S2. The third kappa shape index (κ3) is 30.0. The highest BCUT2D eigenvalue weighted by atomic mass is 32.2. The van der Waals surface area contributed by atoms with Crippen molar-refractivity contribution in [2.24, 2.45) is 32.2 Å². The Morgan fingerprint density at radius 3 is 1.51 bits per heavy atom. The van der Waals surface area contributed by atoms with Crippen LogP contribution in [0.5, 0.6) is 0 Å². The van der Waals surface area contributed by atoms with Crippen LogP contribution in [0.25, 0.3) is 0 Å². The smallest absolute Gasteiger partial charge is 0.290 e. The molecule has 3 heterocycles. The number of aliphatic imine (C=N–C) groups is 3. The molecule has 0 radical (unpaired) electrons. The van der Waals surface area contributed by atoms with Gasteiger partial charge in [-0.3, -0.25) is 14.5 Å². The first-order valence-electron chi connectivity index (χ1n) is 15.5. The van der Waals surface area contributed by atoms with Gasteiger partial charge in [0.25, 0.3) is 20.2 Å². The molecule has 0 aromatic heterocycles. The van der Waals surface area contributed by atoms with Crippen molar-refractivity contribution in [2.75, 3.05) is 118 Å². The molecule has 0 aromatic carbocycles. The fourth-order valence-corrected chi connectivity index (χ4v) is 4.01. The van der Waals surface area contributed by atoms with Gasteiger partial charge in [-0.1, -0.05) is 6.92 Å². The molecule has 47 heavy (non-hydrogen) atoms. The minimum Gasteiger partial charge on any atom is -0.707 e. The fourth-order valence-electron chi connectivity index (χ4n) is 3.77. The number of nitrogens with two attached hydrogens (primary N) is 3. The lowest BCUT2D eigenvalue weighted by Crippen LogP contribution is -2.45. The van der Waals surface area contributed by atoms with Gasteiger partial charge in [0.1, 0.15) is 6.54 Å². The average Bonchev–Trinajstić information content (AvgIpc) is 3.70. The Balaban J connectivity index is -0.000000498. The monoisotopic (exact) mass is 720 g/mol. The third-order valence-electron chi connectivity index (χ3n) is 6.60. The van der Waals surface area contributed by atoms with E-state index in [4.69, 9.17) is 22.5 Å². The Bertz CT molecular complexity index is 1060. The molecule has 0 fully saturated rings. The first kappa shape index (κ1) is 49.5. The fraction of sp³-hybridized carbons (Fsp3) is 0.889. The number of amidine groups is 3. The lowest BCUT2D eigenvalue weighted by atomic mass is 10.4. The predicted molar refractivity (Wildman–Crippen MR) is 188 cm³/mol. The van der Waals surface area contributed by atoms with Gasteiger partial charge in [-0.15, -0.1) is 4.33 Å². The molecule has 20 heteroatoms. The van der Waals surface area contributed by atoms with Gasteiger partial charge in [0, 0.05) is 65.8 Å². The van der Waals surface area contributed by atoms with Crippen molar-refractivity contribution in [1.29, 1.82) is 0 Å². The summed E-state index contributed by atoms with van der Waals surface area (Å²) in [6, 6.07) is 0. The van der Waals surface area contributed by atoms with Gasteiger partial charge >= 0.3 is 0 Å². The maximum atomic E-state index is 9.88. The van der Waals surface area contributed by atoms with Crippen molar-refractivity contribution < 1.29 is 40.1 Å². The lowest BCUT2D eigenvalue weighted by molar-refractivity contribution is -0.812. The highest BCUT2D eigenvalue weighted by Gasteiger charge is 2.27. The van der Waals surface area contributed by atoms with Gasteiger partial charge in [0.05, 0.1) is 64.5 Å². The highest BCUT2D eigenvalue weighted by Crippen LogP contribution is 2.09. The molecule has 282 valence electrons. The molecule has 0 aromatic rings. The Morgan fingerprint density at radius 2 is 1.30 bits per heavy atom. The second kappa shape index (κ2) is 29.1. The molecule has 18 nitrogen and oxygen atoms in total. The predicted octanol–water partition coefficient (Wildman–Crippen LogP) is -2.05. The summed E-state index contributed by atoms with van der Waals surface area (Å²) in [5.74, 6) is 3.65. The minimum absolute atomic E-state index is 0.681. The van der Waals surface area contributed by atoms with Crippen LogP contribution in [0.2, 0.25) is 0 Å². The zero-order valence-electron chi connectivity index (χ0n) is 30.1. The van der Waals surface area contributed by atoms with Crippen LogP contribution in [-0.4, -0.2) is 167 Å². The molecule has 7 N–H and O–H groups in total. The van der Waals surface area contributed by atoms with Crippen molar-refractivity contribution in [3.05, 3.63) is 0 Å². The summed E-state index contributed by atoms with van der Waals surface area (Å²) in [7, 11) is -3.75. The van der Waals surface area contributed by atoms with E-state index in [1.165, 1.54) is 37.7 Å². The molecule has 3 aliphatic heterocycles. The molecule has 0 amide bonds. The Hall–Kier alpha value is -1.85. The standard InChI is InChI=1S/C7H15N2.C7H14N2.C6H13N3.C4H13N3.C2H6O4S.CH4O4S/c1-4-9(3)6-5-8-7(9)2;1-3-5-9-6-4-8-7(9)2;1-6-8-3-5-9(6)4-2-7;5-1-3-7-4-2-6;1-5-6-7(2,3)4;1-6(3,4)5-2/h4-6H2,1-3H3;3-6H2,1-2H3;2-5,7H2,1H3;7H,1-6H2;1-2H3;2H,1H3/q+1;;;;;/p-1. The number of likely N-dealkylation sites (N-methyl/N-ethyl adjacent to an activating group) is 1. The third-order valence-corrected chi connectivity index (χ3v) is 7.23. The number of nitrogens with one attached hydrogen (secondary N) is 1. The van der Waals surface area contributed by atoms with Gasteiger partial charge in [0.15, 0.2) is 5.84 Å². The number of quaternary nitrogens is 1. The van der Waals surface area contributed by atoms with Crippen molar-refractivity contribution in [3.63, 3.8) is 0 Å². The second-order valence-corrected chi connectivity index (χ2v) is 13.6. The van der Waals surface area contributed by atoms with Crippen LogP contribution in [0, 0.1) is 0 Å². The molecule has 0 saturated carbocycles. The van der Waals surface area contributed by atoms with Gasteiger partial charge in [-0.2, -0.15) is 8.42 Å². The maximum Gasteiger partial charge on any atom is 0.290 e. The Morgan fingerprint density at radius 1 is 0.830 bits per heavy atom. The zero-order valence-corrected chi connectivity index (χ0v) is 31.7. The van der Waals surface area contributed by atoms with E-state index in [1.807, 2.05) is 6.92 Å². The summed E-state index contributed by atoms with van der Waals surface area (Å²) in [6.07, 6.45) is 2.81. The summed E-state index contributed by atoms with van der Waals surface area (Å²) >= 11 is 0. The second-order valence-electron chi connectivity index (χ2n) is 10.5. The Kier molecular flexibility index (Phi) is 30.7. The van der Waals surface area contributed by atoms with E-state index in [0.29, 0.717) is 19.3 Å². The van der Waals surface area contributed by atoms with E-state index in [-0.39, 0.29) is 0 Å².